The van der Waals surface area contributed by atoms with Crippen molar-refractivity contribution in [3.8, 4) is 0 Å². The van der Waals surface area contributed by atoms with Gasteiger partial charge in [-0.2, -0.15) is 0 Å². The molecule has 1 aliphatic heterocycles. The van der Waals surface area contributed by atoms with Gasteiger partial charge < -0.3 is 4.74 Å². The minimum atomic E-state index is 0.348. The molecule has 0 spiro atoms. The van der Waals surface area contributed by atoms with E-state index in [1.807, 2.05) is 12.4 Å². The van der Waals surface area contributed by atoms with Crippen molar-refractivity contribution in [1.29, 1.82) is 0 Å². The number of halogens is 2. The van der Waals surface area contributed by atoms with E-state index in [0.717, 1.165) is 42.3 Å². The smallest absolute Gasteiger partial charge is 0.0471 e. The van der Waals surface area contributed by atoms with Crippen molar-refractivity contribution in [2.75, 3.05) is 18.5 Å². The van der Waals surface area contributed by atoms with Crippen LogP contribution in [-0.4, -0.2) is 23.5 Å². The minimum Gasteiger partial charge on any atom is -0.381 e. The first kappa shape index (κ1) is 12.5. The Hall–Kier alpha value is 0.0700. The molecule has 16 heavy (non-hydrogen) atoms. The van der Waals surface area contributed by atoms with Crippen LogP contribution in [0.15, 0.2) is 22.9 Å². The van der Waals surface area contributed by atoms with Crippen LogP contribution >= 0.6 is 31.9 Å². The summed E-state index contributed by atoms with van der Waals surface area (Å²) in [5, 5.41) is 1.04. The summed E-state index contributed by atoms with van der Waals surface area (Å²) in [6.45, 7) is 1.76. The van der Waals surface area contributed by atoms with Crippen LogP contribution in [-0.2, 0) is 11.2 Å². The molecule has 0 N–H and O–H groups in total. The molecule has 1 saturated heterocycles. The number of ether oxygens (including phenoxy) is 1. The van der Waals surface area contributed by atoms with Crippen molar-refractivity contribution in [3.63, 3.8) is 0 Å². The van der Waals surface area contributed by atoms with E-state index < -0.39 is 0 Å². The summed E-state index contributed by atoms with van der Waals surface area (Å²) in [5.74, 6) is 0. The van der Waals surface area contributed by atoms with E-state index in [1.165, 1.54) is 5.56 Å². The zero-order chi connectivity index (χ0) is 11.4. The van der Waals surface area contributed by atoms with Crippen LogP contribution in [0.5, 0.6) is 0 Å². The zero-order valence-electron chi connectivity index (χ0n) is 9.09. The van der Waals surface area contributed by atoms with Gasteiger partial charge in [-0.1, -0.05) is 15.9 Å². The maximum atomic E-state index is 5.44. The summed E-state index contributed by atoms with van der Waals surface area (Å²) in [6.07, 6.45) is 7.13. The van der Waals surface area contributed by atoms with Crippen molar-refractivity contribution in [3.05, 3.63) is 28.5 Å². The molecule has 4 heteroatoms. The lowest BCUT2D eigenvalue weighted by atomic mass is 9.77. The Morgan fingerprint density at radius 2 is 2.06 bits per heavy atom. The molecule has 0 unspecified atom stereocenters. The van der Waals surface area contributed by atoms with Gasteiger partial charge in [-0.25, -0.2) is 0 Å². The second-order valence-corrected chi connectivity index (χ2v) is 5.91. The van der Waals surface area contributed by atoms with Crippen molar-refractivity contribution in [2.45, 2.75) is 19.3 Å². The van der Waals surface area contributed by atoms with Crippen LogP contribution in [0.25, 0.3) is 0 Å². The van der Waals surface area contributed by atoms with Gasteiger partial charge in [0.2, 0.25) is 0 Å². The number of aromatic nitrogens is 1. The lowest BCUT2D eigenvalue weighted by molar-refractivity contribution is 0.0269. The summed E-state index contributed by atoms with van der Waals surface area (Å²) in [7, 11) is 0. The molecule has 0 saturated carbocycles. The monoisotopic (exact) mass is 347 g/mol. The van der Waals surface area contributed by atoms with Crippen molar-refractivity contribution < 1.29 is 4.74 Å². The molecule has 0 atom stereocenters. The third kappa shape index (κ3) is 3.05. The Labute approximate surface area is 113 Å². The molecule has 0 bridgehead atoms. The number of alkyl halides is 1. The Morgan fingerprint density at radius 1 is 1.31 bits per heavy atom. The van der Waals surface area contributed by atoms with Gasteiger partial charge in [-0.15, -0.1) is 0 Å². The van der Waals surface area contributed by atoms with E-state index >= 15 is 0 Å². The Bertz CT molecular complexity index is 351. The van der Waals surface area contributed by atoms with Gasteiger partial charge in [0.15, 0.2) is 0 Å². The maximum absolute atomic E-state index is 5.44. The highest BCUT2D eigenvalue weighted by Crippen LogP contribution is 2.36. The number of pyridine rings is 1. The van der Waals surface area contributed by atoms with Gasteiger partial charge in [-0.3, -0.25) is 4.98 Å². The molecule has 1 aromatic rings. The molecule has 1 aromatic heterocycles. The van der Waals surface area contributed by atoms with E-state index in [9.17, 15) is 0 Å². The van der Waals surface area contributed by atoms with Crippen LogP contribution < -0.4 is 0 Å². The summed E-state index contributed by atoms with van der Waals surface area (Å²) in [5.41, 5.74) is 1.65. The Kier molecular flexibility index (Phi) is 4.39. The summed E-state index contributed by atoms with van der Waals surface area (Å²) < 4.78 is 6.50. The van der Waals surface area contributed by atoms with Crippen LogP contribution in [0.1, 0.15) is 18.4 Å². The Morgan fingerprint density at radius 3 is 2.69 bits per heavy atom. The SMILES string of the molecule is BrCC1(Cc2cncc(Br)c2)CCOCC1. The highest BCUT2D eigenvalue weighted by molar-refractivity contribution is 9.10. The fourth-order valence-corrected chi connectivity index (χ4v) is 3.32. The average Bonchev–Trinajstić information content (AvgIpc) is 2.30. The number of rotatable bonds is 3. The molecule has 1 fully saturated rings. The molecule has 2 rings (SSSR count). The zero-order valence-corrected chi connectivity index (χ0v) is 12.3. The lowest BCUT2D eigenvalue weighted by Crippen LogP contribution is -2.33. The van der Waals surface area contributed by atoms with E-state index in [-0.39, 0.29) is 0 Å². The van der Waals surface area contributed by atoms with Gasteiger partial charge >= 0.3 is 0 Å². The molecule has 88 valence electrons. The molecular weight excluding hydrogens is 334 g/mol. The fraction of sp³-hybridized carbons (Fsp3) is 0.583. The van der Waals surface area contributed by atoms with E-state index in [4.69, 9.17) is 4.74 Å². The standard InChI is InChI=1S/C12H15Br2NO/c13-9-12(1-3-16-4-2-12)6-10-5-11(14)8-15-7-10/h5,7-8H,1-4,6,9H2. The predicted molar refractivity (Wildman–Crippen MR) is 71.9 cm³/mol. The predicted octanol–water partition coefficient (Wildman–Crippen LogP) is 3.58. The molecule has 2 nitrogen and oxygen atoms in total. The van der Waals surface area contributed by atoms with Gasteiger partial charge in [0.05, 0.1) is 0 Å². The first-order valence-corrected chi connectivity index (χ1v) is 7.39. The minimum absolute atomic E-state index is 0.348. The quantitative estimate of drug-likeness (QED) is 0.779. The van der Waals surface area contributed by atoms with Gasteiger partial charge in [0, 0.05) is 35.4 Å². The molecule has 0 radical (unpaired) electrons. The largest absolute Gasteiger partial charge is 0.381 e. The normalized spacial score (nSPS) is 19.6. The van der Waals surface area contributed by atoms with E-state index in [2.05, 4.69) is 42.9 Å². The average molecular weight is 349 g/mol. The third-order valence-electron chi connectivity index (χ3n) is 3.18. The van der Waals surface area contributed by atoms with Crippen LogP contribution in [0.2, 0.25) is 0 Å². The van der Waals surface area contributed by atoms with Crippen LogP contribution in [0.4, 0.5) is 0 Å². The number of hydrogen-bond acceptors (Lipinski definition) is 2. The molecule has 0 amide bonds. The first-order valence-electron chi connectivity index (χ1n) is 5.47. The maximum Gasteiger partial charge on any atom is 0.0471 e. The Balaban J connectivity index is 2.11. The molecule has 1 aliphatic rings. The van der Waals surface area contributed by atoms with Crippen LogP contribution in [0.3, 0.4) is 0 Å². The topological polar surface area (TPSA) is 22.1 Å². The second kappa shape index (κ2) is 5.61. The second-order valence-electron chi connectivity index (χ2n) is 4.43. The summed E-state index contributed by atoms with van der Waals surface area (Å²) >= 11 is 7.12. The molecule has 0 aliphatic carbocycles. The molecular formula is C12H15Br2NO. The number of hydrogen-bond donors (Lipinski definition) is 0. The van der Waals surface area contributed by atoms with Crippen molar-refractivity contribution in [1.82, 2.24) is 4.98 Å². The van der Waals surface area contributed by atoms with E-state index in [1.54, 1.807) is 0 Å². The fourth-order valence-electron chi connectivity index (χ4n) is 2.15. The molecule has 2 heterocycles. The van der Waals surface area contributed by atoms with Gasteiger partial charge in [-0.05, 0) is 52.2 Å². The molecule has 0 aromatic carbocycles. The summed E-state index contributed by atoms with van der Waals surface area (Å²) in [4.78, 5) is 4.22. The number of nitrogens with zero attached hydrogens (tertiary/aromatic N) is 1. The van der Waals surface area contributed by atoms with Crippen molar-refractivity contribution in [2.24, 2.45) is 5.41 Å². The lowest BCUT2D eigenvalue weighted by Gasteiger charge is -2.35. The third-order valence-corrected chi connectivity index (χ3v) is 4.80. The van der Waals surface area contributed by atoms with Gasteiger partial charge in [0.25, 0.3) is 0 Å². The first-order chi connectivity index (χ1) is 7.74. The summed E-state index contributed by atoms with van der Waals surface area (Å²) in [6, 6.07) is 2.16. The van der Waals surface area contributed by atoms with Gasteiger partial charge in [0.1, 0.15) is 0 Å². The van der Waals surface area contributed by atoms with E-state index in [0.29, 0.717) is 5.41 Å². The van der Waals surface area contributed by atoms with Crippen molar-refractivity contribution >= 4 is 31.9 Å². The van der Waals surface area contributed by atoms with Crippen LogP contribution in [0, 0.1) is 5.41 Å². The highest BCUT2D eigenvalue weighted by atomic mass is 79.9. The highest BCUT2D eigenvalue weighted by Gasteiger charge is 2.31.